The van der Waals surface area contributed by atoms with Gasteiger partial charge in [-0.1, -0.05) is 12.8 Å². The van der Waals surface area contributed by atoms with E-state index in [1.807, 2.05) is 0 Å². The van der Waals surface area contributed by atoms with Crippen molar-refractivity contribution >= 4 is 17.8 Å². The van der Waals surface area contributed by atoms with E-state index >= 15 is 0 Å². The van der Waals surface area contributed by atoms with Crippen LogP contribution in [0.2, 0.25) is 0 Å². The summed E-state index contributed by atoms with van der Waals surface area (Å²) < 4.78 is 0. The molecule has 0 aromatic heterocycles. The molecule has 0 saturated carbocycles. The van der Waals surface area contributed by atoms with Gasteiger partial charge >= 0.3 is 6.03 Å². The van der Waals surface area contributed by atoms with Gasteiger partial charge in [0.1, 0.15) is 5.41 Å². The summed E-state index contributed by atoms with van der Waals surface area (Å²) in [7, 11) is 0. The summed E-state index contributed by atoms with van der Waals surface area (Å²) in [6.45, 7) is 4.53. The minimum atomic E-state index is -1.24. The number of amides is 4. The van der Waals surface area contributed by atoms with Gasteiger partial charge < -0.3 is 0 Å². The zero-order valence-electron chi connectivity index (χ0n) is 11.6. The predicted molar refractivity (Wildman–Crippen MR) is 72.5 cm³/mol. The van der Waals surface area contributed by atoms with Gasteiger partial charge in [-0.15, -0.1) is 5.92 Å². The van der Waals surface area contributed by atoms with Crippen molar-refractivity contribution in [1.29, 1.82) is 0 Å². The number of hydrogen-bond acceptors (Lipinski definition) is 4. The van der Waals surface area contributed by atoms with Crippen LogP contribution in [-0.4, -0.2) is 42.4 Å². The summed E-state index contributed by atoms with van der Waals surface area (Å²) in [5, 5.41) is 4.29. The van der Waals surface area contributed by atoms with Crippen LogP contribution >= 0.6 is 0 Å². The molecule has 4 amide bonds. The molecule has 0 aromatic rings. The molecule has 2 aliphatic rings. The Kier molecular flexibility index (Phi) is 4.40. The Bertz CT molecular complexity index is 464. The molecule has 20 heavy (non-hydrogen) atoms. The highest BCUT2D eigenvalue weighted by Crippen LogP contribution is 2.28. The third-order valence-corrected chi connectivity index (χ3v) is 3.94. The third kappa shape index (κ3) is 2.83. The molecule has 6 heteroatoms. The lowest BCUT2D eigenvalue weighted by molar-refractivity contribution is -0.144. The molecule has 0 radical (unpaired) electrons. The fraction of sp³-hybridized carbons (Fsp3) is 0.643. The number of carbonyl (C=O) groups is 3. The fourth-order valence-electron chi connectivity index (χ4n) is 2.51. The highest BCUT2D eigenvalue weighted by molar-refractivity contribution is 6.19. The van der Waals surface area contributed by atoms with Gasteiger partial charge in [0.2, 0.25) is 11.8 Å². The first kappa shape index (κ1) is 14.5. The van der Waals surface area contributed by atoms with Crippen LogP contribution in [0.15, 0.2) is 0 Å². The van der Waals surface area contributed by atoms with E-state index in [-0.39, 0.29) is 6.42 Å². The van der Waals surface area contributed by atoms with Gasteiger partial charge in [0.05, 0.1) is 6.54 Å². The summed E-state index contributed by atoms with van der Waals surface area (Å²) in [5.74, 6) is 4.84. The molecule has 0 spiro atoms. The third-order valence-electron chi connectivity index (χ3n) is 3.94. The van der Waals surface area contributed by atoms with Crippen molar-refractivity contribution in [1.82, 2.24) is 15.5 Å². The van der Waals surface area contributed by atoms with Crippen LogP contribution in [0.1, 0.15) is 32.6 Å². The van der Waals surface area contributed by atoms with Gasteiger partial charge in [-0.2, -0.15) is 0 Å². The second-order valence-electron chi connectivity index (χ2n) is 5.19. The SMILES string of the molecule is CCC1(CC#CCN2CCCC2)C(=O)NC(=O)NC1=O. The average molecular weight is 277 g/mol. The molecule has 2 aliphatic heterocycles. The maximum atomic E-state index is 11.9. The molecule has 0 aromatic carbocycles. The number of nitrogens with zero attached hydrogens (tertiary/aromatic N) is 1. The Morgan fingerprint density at radius 2 is 1.70 bits per heavy atom. The average Bonchev–Trinajstić information content (AvgIpc) is 2.90. The van der Waals surface area contributed by atoms with E-state index in [1.165, 1.54) is 12.8 Å². The van der Waals surface area contributed by atoms with E-state index in [2.05, 4.69) is 27.4 Å². The standard InChI is InChI=1S/C14H19N3O3/c1-2-14(11(18)15-13(20)16-12(14)19)7-3-4-8-17-9-5-6-10-17/h2,5-10H2,1H3,(H2,15,16,18,19,20). The maximum absolute atomic E-state index is 11.9. The van der Waals surface area contributed by atoms with Crippen molar-refractivity contribution in [3.8, 4) is 11.8 Å². The molecule has 2 saturated heterocycles. The Labute approximate surface area is 118 Å². The molecule has 2 N–H and O–H groups in total. The van der Waals surface area contributed by atoms with Crippen molar-refractivity contribution in [3.63, 3.8) is 0 Å². The number of likely N-dealkylation sites (tertiary alicyclic amines) is 1. The van der Waals surface area contributed by atoms with Gasteiger partial charge in [0.25, 0.3) is 0 Å². The first-order chi connectivity index (χ1) is 9.58. The summed E-state index contributed by atoms with van der Waals surface area (Å²) >= 11 is 0. The quantitative estimate of drug-likeness (QED) is 0.572. The smallest absolute Gasteiger partial charge is 0.292 e. The van der Waals surface area contributed by atoms with E-state index in [0.717, 1.165) is 13.1 Å². The van der Waals surface area contributed by atoms with Gasteiger partial charge in [-0.05, 0) is 32.4 Å². The van der Waals surface area contributed by atoms with Crippen molar-refractivity contribution in [2.75, 3.05) is 19.6 Å². The highest BCUT2D eigenvalue weighted by atomic mass is 16.2. The maximum Gasteiger partial charge on any atom is 0.328 e. The summed E-state index contributed by atoms with van der Waals surface area (Å²) in [5.41, 5.74) is -1.24. The van der Waals surface area contributed by atoms with Crippen molar-refractivity contribution in [2.45, 2.75) is 32.6 Å². The lowest BCUT2D eigenvalue weighted by Gasteiger charge is -2.31. The molecular formula is C14H19N3O3. The number of barbiturate groups is 1. The minimum absolute atomic E-state index is 0.141. The topological polar surface area (TPSA) is 78.5 Å². The Hall–Kier alpha value is -1.87. The first-order valence-corrected chi connectivity index (χ1v) is 6.93. The first-order valence-electron chi connectivity index (χ1n) is 6.93. The monoisotopic (exact) mass is 277 g/mol. The number of hydrogen-bond donors (Lipinski definition) is 2. The molecule has 0 atom stereocenters. The summed E-state index contributed by atoms with van der Waals surface area (Å²) in [6, 6.07) is -0.755. The van der Waals surface area contributed by atoms with Crippen molar-refractivity contribution < 1.29 is 14.4 Å². The number of urea groups is 1. The summed E-state index contributed by atoms with van der Waals surface area (Å²) in [4.78, 5) is 37.2. The van der Waals surface area contributed by atoms with E-state index in [0.29, 0.717) is 13.0 Å². The molecular weight excluding hydrogens is 258 g/mol. The van der Waals surface area contributed by atoms with Crippen LogP contribution in [0.4, 0.5) is 4.79 Å². The van der Waals surface area contributed by atoms with E-state index in [9.17, 15) is 14.4 Å². The number of nitrogens with one attached hydrogen (secondary N) is 2. The van der Waals surface area contributed by atoms with Crippen LogP contribution in [0.5, 0.6) is 0 Å². The minimum Gasteiger partial charge on any atom is -0.292 e. The fourth-order valence-corrected chi connectivity index (χ4v) is 2.51. The van der Waals surface area contributed by atoms with E-state index in [1.54, 1.807) is 6.92 Å². The van der Waals surface area contributed by atoms with E-state index in [4.69, 9.17) is 0 Å². The Balaban J connectivity index is 2.00. The predicted octanol–water partition coefficient (Wildman–Crippen LogP) is 0.238. The lowest BCUT2D eigenvalue weighted by atomic mass is 9.79. The van der Waals surface area contributed by atoms with Gasteiger partial charge in [0.15, 0.2) is 0 Å². The normalized spacial score (nSPS) is 21.9. The highest BCUT2D eigenvalue weighted by Gasteiger charge is 2.48. The van der Waals surface area contributed by atoms with Crippen LogP contribution in [-0.2, 0) is 9.59 Å². The molecule has 0 unspecified atom stereocenters. The number of imide groups is 2. The van der Waals surface area contributed by atoms with E-state index < -0.39 is 23.3 Å². The van der Waals surface area contributed by atoms with Crippen LogP contribution in [0.25, 0.3) is 0 Å². The molecule has 0 bridgehead atoms. The molecule has 6 nitrogen and oxygen atoms in total. The largest absolute Gasteiger partial charge is 0.328 e. The summed E-state index contributed by atoms with van der Waals surface area (Å²) in [6.07, 6.45) is 2.86. The zero-order chi connectivity index (χ0) is 14.6. The molecule has 2 fully saturated rings. The Morgan fingerprint density at radius 1 is 1.10 bits per heavy atom. The lowest BCUT2D eigenvalue weighted by Crippen LogP contribution is -2.62. The zero-order valence-corrected chi connectivity index (χ0v) is 11.6. The number of rotatable bonds is 3. The van der Waals surface area contributed by atoms with Crippen LogP contribution < -0.4 is 10.6 Å². The second-order valence-corrected chi connectivity index (χ2v) is 5.19. The van der Waals surface area contributed by atoms with Gasteiger partial charge in [-0.3, -0.25) is 25.1 Å². The van der Waals surface area contributed by atoms with Crippen molar-refractivity contribution in [2.24, 2.45) is 5.41 Å². The van der Waals surface area contributed by atoms with Gasteiger partial charge in [-0.25, -0.2) is 4.79 Å². The molecule has 108 valence electrons. The van der Waals surface area contributed by atoms with Gasteiger partial charge in [0, 0.05) is 6.42 Å². The number of carbonyl (C=O) groups excluding carboxylic acids is 3. The molecule has 2 heterocycles. The van der Waals surface area contributed by atoms with Crippen LogP contribution in [0.3, 0.4) is 0 Å². The van der Waals surface area contributed by atoms with Crippen LogP contribution in [0, 0.1) is 17.3 Å². The van der Waals surface area contributed by atoms with Crippen molar-refractivity contribution in [3.05, 3.63) is 0 Å². The Morgan fingerprint density at radius 3 is 2.25 bits per heavy atom. The molecule has 2 rings (SSSR count). The molecule has 0 aliphatic carbocycles. The second kappa shape index (κ2) is 6.06.